The van der Waals surface area contributed by atoms with Crippen LogP contribution in [0.15, 0.2) is 36.5 Å². The topological polar surface area (TPSA) is 74.3 Å². The van der Waals surface area contributed by atoms with E-state index in [-0.39, 0.29) is 35.4 Å². The monoisotopic (exact) mass is 474 g/mol. The van der Waals surface area contributed by atoms with Gasteiger partial charge in [0, 0.05) is 30.9 Å². The van der Waals surface area contributed by atoms with E-state index in [1.54, 1.807) is 6.07 Å². The first-order valence-electron chi connectivity index (χ1n) is 9.48. The van der Waals surface area contributed by atoms with Crippen LogP contribution in [0.4, 0.5) is 19.0 Å². The molecule has 0 bridgehead atoms. The molecule has 2 aromatic rings. The number of amides is 2. The van der Waals surface area contributed by atoms with E-state index in [0.717, 1.165) is 6.07 Å². The number of aromatic nitrogens is 1. The number of carbonyl (C=O) groups excluding carboxylic acids is 2. The van der Waals surface area contributed by atoms with Gasteiger partial charge in [0.25, 0.3) is 5.91 Å². The minimum atomic E-state index is -4.54. The van der Waals surface area contributed by atoms with E-state index in [1.165, 1.54) is 29.3 Å². The minimum absolute atomic E-state index is 0.0343. The second kappa shape index (κ2) is 9.74. The molecular weight excluding hydrogens is 456 g/mol. The molecule has 2 heterocycles. The Morgan fingerprint density at radius 1 is 1.19 bits per heavy atom. The first-order valence-corrected chi connectivity index (χ1v) is 10.2. The van der Waals surface area contributed by atoms with E-state index in [0.29, 0.717) is 24.4 Å². The summed E-state index contributed by atoms with van der Waals surface area (Å²) >= 11 is 12.1. The van der Waals surface area contributed by atoms with Crippen molar-refractivity contribution in [2.24, 2.45) is 0 Å². The molecule has 0 radical (unpaired) electrons. The highest BCUT2D eigenvalue weighted by Crippen LogP contribution is 2.33. The van der Waals surface area contributed by atoms with Crippen molar-refractivity contribution in [3.63, 3.8) is 0 Å². The second-order valence-electron chi connectivity index (χ2n) is 6.90. The number of likely N-dealkylation sites (tertiary alicyclic amines) is 1. The molecule has 1 saturated heterocycles. The lowest BCUT2D eigenvalue weighted by molar-refractivity contribution is -0.137. The van der Waals surface area contributed by atoms with Gasteiger partial charge in [-0.25, -0.2) is 4.98 Å². The fourth-order valence-electron chi connectivity index (χ4n) is 3.36. The molecule has 2 amide bonds. The van der Waals surface area contributed by atoms with E-state index in [1.807, 2.05) is 0 Å². The van der Waals surface area contributed by atoms with Gasteiger partial charge in [0.2, 0.25) is 5.91 Å². The highest BCUT2D eigenvalue weighted by molar-refractivity contribution is 6.35. The third-order valence-corrected chi connectivity index (χ3v) is 5.37. The smallest absolute Gasteiger partial charge is 0.368 e. The van der Waals surface area contributed by atoms with Gasteiger partial charge in [0.05, 0.1) is 16.1 Å². The summed E-state index contributed by atoms with van der Waals surface area (Å²) in [6, 6.07) is 5.97. The van der Waals surface area contributed by atoms with E-state index in [9.17, 15) is 22.8 Å². The molecule has 0 aliphatic carbocycles. The van der Waals surface area contributed by atoms with Gasteiger partial charge in [-0.2, -0.15) is 13.2 Å². The molecule has 3 rings (SSSR count). The summed E-state index contributed by atoms with van der Waals surface area (Å²) in [5.41, 5.74) is -0.669. The van der Waals surface area contributed by atoms with E-state index >= 15 is 0 Å². The zero-order chi connectivity index (χ0) is 22.6. The predicted octanol–water partition coefficient (Wildman–Crippen LogP) is 4.24. The first-order chi connectivity index (χ1) is 14.7. The molecule has 1 unspecified atom stereocenters. The van der Waals surface area contributed by atoms with Crippen LogP contribution in [0.1, 0.15) is 28.8 Å². The fourth-order valence-corrected chi connectivity index (χ4v) is 3.73. The Morgan fingerprint density at radius 2 is 1.97 bits per heavy atom. The lowest BCUT2D eigenvalue weighted by atomic mass is 10.1. The van der Waals surface area contributed by atoms with Crippen molar-refractivity contribution in [3.05, 3.63) is 57.7 Å². The summed E-state index contributed by atoms with van der Waals surface area (Å²) in [6.45, 7) is 0.483. The summed E-state index contributed by atoms with van der Waals surface area (Å²) in [5, 5.41) is 5.82. The maximum atomic E-state index is 13.0. The zero-order valence-electron chi connectivity index (χ0n) is 16.2. The van der Waals surface area contributed by atoms with Crippen molar-refractivity contribution in [1.29, 1.82) is 0 Å². The van der Waals surface area contributed by atoms with Gasteiger partial charge >= 0.3 is 6.18 Å². The van der Waals surface area contributed by atoms with Crippen LogP contribution in [0.5, 0.6) is 0 Å². The van der Waals surface area contributed by atoms with Crippen LogP contribution in [-0.4, -0.2) is 47.4 Å². The Labute approximate surface area is 186 Å². The molecular formula is C20H19Cl2F3N4O2. The fraction of sp³-hybridized carbons (Fsp3) is 0.350. The third-order valence-electron chi connectivity index (χ3n) is 4.80. The van der Waals surface area contributed by atoms with Gasteiger partial charge in [0.15, 0.2) is 0 Å². The Balaban J connectivity index is 1.57. The van der Waals surface area contributed by atoms with Crippen LogP contribution in [-0.2, 0) is 11.0 Å². The van der Waals surface area contributed by atoms with Crippen LogP contribution in [0, 0.1) is 0 Å². The Hall–Kier alpha value is -2.52. The number of nitrogens with one attached hydrogen (secondary N) is 2. The Morgan fingerprint density at radius 3 is 2.71 bits per heavy atom. The standard InChI is InChI=1S/C20H19Cl2F3N4O2/c21-12-5-6-15(22)13(11-12)19(31)29-10-2-4-16(29)18(30)28-9-8-27-17-14(20(23,24)25)3-1-7-26-17/h1,3,5-7,11,16H,2,4,8-10H2,(H,26,27)(H,28,30). The summed E-state index contributed by atoms with van der Waals surface area (Å²) in [5.74, 6) is -1.09. The predicted molar refractivity (Wildman–Crippen MR) is 111 cm³/mol. The number of halogens is 5. The molecule has 1 aromatic heterocycles. The van der Waals surface area contributed by atoms with Crippen LogP contribution in [0.2, 0.25) is 10.0 Å². The highest BCUT2D eigenvalue weighted by Gasteiger charge is 2.36. The van der Waals surface area contributed by atoms with Crippen molar-refractivity contribution in [2.75, 3.05) is 25.0 Å². The van der Waals surface area contributed by atoms with Crippen LogP contribution >= 0.6 is 23.2 Å². The average Bonchev–Trinajstić information content (AvgIpc) is 3.22. The zero-order valence-corrected chi connectivity index (χ0v) is 17.7. The van der Waals surface area contributed by atoms with E-state index < -0.39 is 23.7 Å². The largest absolute Gasteiger partial charge is 0.419 e. The lowest BCUT2D eigenvalue weighted by Crippen LogP contribution is -2.47. The van der Waals surface area contributed by atoms with E-state index in [4.69, 9.17) is 23.2 Å². The summed E-state index contributed by atoms with van der Waals surface area (Å²) in [6.07, 6.45) is -2.17. The average molecular weight is 475 g/mol. The van der Waals surface area contributed by atoms with Crippen LogP contribution in [0.25, 0.3) is 0 Å². The maximum Gasteiger partial charge on any atom is 0.419 e. The molecule has 1 aromatic carbocycles. The Kier molecular flexibility index (Phi) is 7.27. The normalized spacial score (nSPS) is 16.3. The maximum absolute atomic E-state index is 13.0. The number of hydrogen-bond donors (Lipinski definition) is 2. The number of nitrogens with zero attached hydrogens (tertiary/aromatic N) is 2. The van der Waals surface area contributed by atoms with Gasteiger partial charge in [-0.1, -0.05) is 23.2 Å². The first kappa shape index (κ1) is 23.1. The SMILES string of the molecule is O=C(NCCNc1ncccc1C(F)(F)F)C1CCCN1C(=O)c1cc(Cl)ccc1Cl. The Bertz CT molecular complexity index is 972. The molecule has 1 atom stereocenters. The molecule has 1 aliphatic heterocycles. The second-order valence-corrected chi connectivity index (χ2v) is 7.74. The van der Waals surface area contributed by atoms with Crippen molar-refractivity contribution in [2.45, 2.75) is 25.1 Å². The van der Waals surface area contributed by atoms with Crippen LogP contribution in [0.3, 0.4) is 0 Å². The molecule has 166 valence electrons. The molecule has 0 spiro atoms. The van der Waals surface area contributed by atoms with Gasteiger partial charge in [0.1, 0.15) is 11.9 Å². The van der Waals surface area contributed by atoms with E-state index in [2.05, 4.69) is 15.6 Å². The summed E-state index contributed by atoms with van der Waals surface area (Å²) in [4.78, 5) is 30.6. The molecule has 11 heteroatoms. The lowest BCUT2D eigenvalue weighted by Gasteiger charge is -2.24. The van der Waals surface area contributed by atoms with Gasteiger partial charge in [-0.3, -0.25) is 9.59 Å². The number of rotatable bonds is 6. The van der Waals surface area contributed by atoms with Crippen LogP contribution < -0.4 is 10.6 Å². The highest BCUT2D eigenvalue weighted by atomic mass is 35.5. The molecule has 6 nitrogen and oxygen atoms in total. The quantitative estimate of drug-likeness (QED) is 0.614. The molecule has 1 fully saturated rings. The number of benzene rings is 1. The van der Waals surface area contributed by atoms with Gasteiger partial charge in [-0.15, -0.1) is 0 Å². The molecule has 2 N–H and O–H groups in total. The van der Waals surface area contributed by atoms with Crippen molar-refractivity contribution in [3.8, 4) is 0 Å². The third kappa shape index (κ3) is 5.59. The summed E-state index contributed by atoms with van der Waals surface area (Å²) < 4.78 is 39.0. The number of alkyl halides is 3. The number of hydrogen-bond acceptors (Lipinski definition) is 4. The summed E-state index contributed by atoms with van der Waals surface area (Å²) in [7, 11) is 0. The van der Waals surface area contributed by atoms with Crippen molar-refractivity contribution < 1.29 is 22.8 Å². The van der Waals surface area contributed by atoms with Crippen molar-refractivity contribution >= 4 is 40.8 Å². The number of anilines is 1. The van der Waals surface area contributed by atoms with Crippen molar-refractivity contribution in [1.82, 2.24) is 15.2 Å². The van der Waals surface area contributed by atoms with Gasteiger partial charge < -0.3 is 15.5 Å². The molecule has 1 aliphatic rings. The minimum Gasteiger partial charge on any atom is -0.368 e. The molecule has 31 heavy (non-hydrogen) atoms. The molecule has 0 saturated carbocycles. The van der Waals surface area contributed by atoms with Gasteiger partial charge in [-0.05, 0) is 43.2 Å². The number of pyridine rings is 1. The number of carbonyl (C=O) groups is 2.